The van der Waals surface area contributed by atoms with Gasteiger partial charge in [0, 0.05) is 53.6 Å². The van der Waals surface area contributed by atoms with E-state index in [1.807, 2.05) is 7.05 Å². The number of nitrogens with one attached hydrogen (secondary N) is 1. The molecule has 3 rings (SSSR count). The number of aliphatic imine (C=N–C) groups is 1. The first-order valence-corrected chi connectivity index (χ1v) is 12.1. The van der Waals surface area contributed by atoms with Gasteiger partial charge in [0.1, 0.15) is 0 Å². The second-order valence-corrected chi connectivity index (χ2v) is 8.81. The molecule has 0 amide bonds. The summed E-state index contributed by atoms with van der Waals surface area (Å²) in [5, 5.41) is 3.58. The van der Waals surface area contributed by atoms with E-state index in [1.54, 1.807) is 7.11 Å². The minimum absolute atomic E-state index is 0. The van der Waals surface area contributed by atoms with Gasteiger partial charge in [-0.2, -0.15) is 0 Å². The normalized spacial score (nSPS) is 18.8. The summed E-state index contributed by atoms with van der Waals surface area (Å²) >= 11 is 0. The molecule has 1 aromatic carbocycles. The summed E-state index contributed by atoms with van der Waals surface area (Å²) in [5.41, 5.74) is 2.74. The molecule has 32 heavy (non-hydrogen) atoms. The van der Waals surface area contributed by atoms with Crippen LogP contribution in [0.3, 0.4) is 0 Å². The molecular formula is C25H43IN4O2. The van der Waals surface area contributed by atoms with Crippen LogP contribution in [0.2, 0.25) is 0 Å². The van der Waals surface area contributed by atoms with Gasteiger partial charge in [-0.3, -0.25) is 9.89 Å². The van der Waals surface area contributed by atoms with E-state index in [0.717, 1.165) is 64.6 Å². The second kappa shape index (κ2) is 15.9. The highest BCUT2D eigenvalue weighted by Crippen LogP contribution is 2.16. The van der Waals surface area contributed by atoms with E-state index >= 15 is 0 Å². The summed E-state index contributed by atoms with van der Waals surface area (Å²) < 4.78 is 11.1. The Kier molecular flexibility index (Phi) is 13.5. The van der Waals surface area contributed by atoms with Gasteiger partial charge in [0.15, 0.2) is 5.96 Å². The highest BCUT2D eigenvalue weighted by atomic mass is 127. The van der Waals surface area contributed by atoms with Crippen LogP contribution >= 0.6 is 24.0 Å². The van der Waals surface area contributed by atoms with E-state index < -0.39 is 0 Å². The van der Waals surface area contributed by atoms with E-state index in [-0.39, 0.29) is 24.0 Å². The third-order valence-electron chi connectivity index (χ3n) is 6.35. The van der Waals surface area contributed by atoms with E-state index in [1.165, 1.54) is 49.9 Å². The molecule has 1 N–H and O–H groups in total. The number of ether oxygens (including phenoxy) is 2. The number of guanidine groups is 1. The Labute approximate surface area is 212 Å². The van der Waals surface area contributed by atoms with Crippen molar-refractivity contribution in [1.29, 1.82) is 0 Å². The van der Waals surface area contributed by atoms with E-state index in [4.69, 9.17) is 9.47 Å². The predicted molar refractivity (Wildman–Crippen MR) is 143 cm³/mol. The zero-order valence-electron chi connectivity index (χ0n) is 20.1. The molecule has 0 aliphatic carbocycles. The highest BCUT2D eigenvalue weighted by Gasteiger charge is 2.21. The molecule has 0 spiro atoms. The third-order valence-corrected chi connectivity index (χ3v) is 6.35. The summed E-state index contributed by atoms with van der Waals surface area (Å²) in [6, 6.07) is 9.03. The van der Waals surface area contributed by atoms with Gasteiger partial charge >= 0.3 is 0 Å². The molecule has 2 aliphatic rings. The van der Waals surface area contributed by atoms with Crippen LogP contribution in [-0.4, -0.2) is 75.4 Å². The van der Waals surface area contributed by atoms with Crippen molar-refractivity contribution >= 4 is 29.9 Å². The summed E-state index contributed by atoms with van der Waals surface area (Å²) in [6.45, 7) is 7.90. The van der Waals surface area contributed by atoms with Gasteiger partial charge in [-0.1, -0.05) is 37.1 Å². The van der Waals surface area contributed by atoms with Crippen LogP contribution in [0.4, 0.5) is 0 Å². The quantitative estimate of drug-likeness (QED) is 0.212. The van der Waals surface area contributed by atoms with Gasteiger partial charge in [0.2, 0.25) is 0 Å². The molecule has 0 atom stereocenters. The van der Waals surface area contributed by atoms with Gasteiger partial charge in [-0.15, -0.1) is 24.0 Å². The molecule has 2 fully saturated rings. The van der Waals surface area contributed by atoms with Crippen LogP contribution in [0, 0.1) is 0 Å². The molecule has 6 nitrogen and oxygen atoms in total. The molecule has 0 bridgehead atoms. The fourth-order valence-corrected chi connectivity index (χ4v) is 4.59. The molecule has 182 valence electrons. The summed E-state index contributed by atoms with van der Waals surface area (Å²) in [5.74, 6) is 0.996. The molecule has 2 heterocycles. The maximum Gasteiger partial charge on any atom is 0.193 e. The van der Waals surface area contributed by atoms with Gasteiger partial charge in [0.05, 0.1) is 6.10 Å². The number of halogens is 1. The molecule has 0 radical (unpaired) electrons. The van der Waals surface area contributed by atoms with Crippen LogP contribution in [0.1, 0.15) is 56.1 Å². The Morgan fingerprint density at radius 1 is 1.03 bits per heavy atom. The van der Waals surface area contributed by atoms with Crippen LogP contribution < -0.4 is 5.32 Å². The van der Waals surface area contributed by atoms with Gasteiger partial charge in [-0.05, 0) is 56.3 Å². The number of likely N-dealkylation sites (tertiary alicyclic amines) is 2. The van der Waals surface area contributed by atoms with E-state index in [2.05, 4.69) is 44.4 Å². The Hall–Kier alpha value is -0.900. The van der Waals surface area contributed by atoms with Crippen molar-refractivity contribution in [3.63, 3.8) is 0 Å². The molecular weight excluding hydrogens is 515 g/mol. The number of hydrogen-bond acceptors (Lipinski definition) is 4. The first kappa shape index (κ1) is 27.3. The summed E-state index contributed by atoms with van der Waals surface area (Å²) in [7, 11) is 3.62. The number of piperidine rings is 1. The number of nitrogens with zero attached hydrogens (tertiary/aromatic N) is 3. The average Bonchev–Trinajstić information content (AvgIpc) is 3.07. The zero-order chi connectivity index (χ0) is 21.7. The van der Waals surface area contributed by atoms with E-state index in [0.29, 0.717) is 6.10 Å². The van der Waals surface area contributed by atoms with Crippen molar-refractivity contribution in [2.45, 2.75) is 64.1 Å². The first-order valence-electron chi connectivity index (χ1n) is 12.1. The Bertz CT molecular complexity index is 657. The molecule has 0 aromatic heterocycles. The minimum Gasteiger partial charge on any atom is -0.385 e. The van der Waals surface area contributed by atoms with Gasteiger partial charge < -0.3 is 19.7 Å². The van der Waals surface area contributed by atoms with Crippen molar-refractivity contribution in [3.8, 4) is 0 Å². The fourth-order valence-electron chi connectivity index (χ4n) is 4.59. The third kappa shape index (κ3) is 9.53. The molecule has 0 unspecified atom stereocenters. The number of methoxy groups -OCH3 is 1. The van der Waals surface area contributed by atoms with Crippen molar-refractivity contribution < 1.29 is 9.47 Å². The Balaban J connectivity index is 0.00000363. The summed E-state index contributed by atoms with van der Waals surface area (Å²) in [6.07, 6.45) is 8.89. The number of rotatable bonds is 9. The molecule has 2 aliphatic heterocycles. The smallest absolute Gasteiger partial charge is 0.193 e. The number of benzene rings is 1. The average molecular weight is 559 g/mol. The fraction of sp³-hybridized carbons (Fsp3) is 0.720. The van der Waals surface area contributed by atoms with Crippen LogP contribution in [-0.2, 0) is 22.6 Å². The minimum atomic E-state index is 0. The maximum absolute atomic E-state index is 5.99. The zero-order valence-corrected chi connectivity index (χ0v) is 22.4. The lowest BCUT2D eigenvalue weighted by atomic mass is 10.1. The van der Waals surface area contributed by atoms with Gasteiger partial charge in [-0.25, -0.2) is 0 Å². The van der Waals surface area contributed by atoms with Crippen molar-refractivity contribution in [2.24, 2.45) is 4.99 Å². The van der Waals surface area contributed by atoms with Gasteiger partial charge in [0.25, 0.3) is 0 Å². The Morgan fingerprint density at radius 3 is 2.44 bits per heavy atom. The second-order valence-electron chi connectivity index (χ2n) is 8.81. The number of hydrogen-bond donors (Lipinski definition) is 1. The molecule has 2 saturated heterocycles. The van der Waals surface area contributed by atoms with Crippen LogP contribution in [0.5, 0.6) is 0 Å². The lowest BCUT2D eigenvalue weighted by Gasteiger charge is -2.34. The van der Waals surface area contributed by atoms with Crippen LogP contribution in [0.25, 0.3) is 0 Å². The van der Waals surface area contributed by atoms with Crippen molar-refractivity contribution in [2.75, 3.05) is 53.6 Å². The molecule has 1 aromatic rings. The first-order chi connectivity index (χ1) is 15.3. The Morgan fingerprint density at radius 2 is 1.75 bits per heavy atom. The topological polar surface area (TPSA) is 49.3 Å². The lowest BCUT2D eigenvalue weighted by molar-refractivity contribution is 0.00989. The molecule has 7 heteroatoms. The van der Waals surface area contributed by atoms with Crippen molar-refractivity contribution in [3.05, 3.63) is 35.4 Å². The van der Waals surface area contributed by atoms with Crippen LogP contribution in [0.15, 0.2) is 29.3 Å². The largest absolute Gasteiger partial charge is 0.385 e. The molecule has 0 saturated carbocycles. The highest BCUT2D eigenvalue weighted by molar-refractivity contribution is 14.0. The standard InChI is InChI=1S/C25H42N4O2.HI/c1-26-25(29-15-11-24(12-16-29)31-18-8-17-30-2)27-20-22-9-7-10-23(19-22)21-28-13-5-3-4-6-14-28;/h7,9-10,19,24H,3-6,8,11-18,20-21H2,1-2H3,(H,26,27);1H. The van der Waals surface area contributed by atoms with Crippen molar-refractivity contribution in [1.82, 2.24) is 15.1 Å². The van der Waals surface area contributed by atoms with E-state index in [9.17, 15) is 0 Å². The predicted octanol–water partition coefficient (Wildman–Crippen LogP) is 4.27. The monoisotopic (exact) mass is 558 g/mol. The maximum atomic E-state index is 5.99. The summed E-state index contributed by atoms with van der Waals surface area (Å²) in [4.78, 5) is 9.50. The lowest BCUT2D eigenvalue weighted by Crippen LogP contribution is -2.46. The SMILES string of the molecule is CN=C(NCc1cccc(CN2CCCCCC2)c1)N1CCC(OCCCOC)CC1.I.